The molecule has 2 N–H and O–H groups in total. The molecule has 0 saturated carbocycles. The number of hydrogen-bond acceptors (Lipinski definition) is 3. The molecule has 104 valence electrons. The Balaban J connectivity index is 0.00000180. The average Bonchev–Trinajstić information content (AvgIpc) is 2.27. The molecule has 5 heteroatoms. The minimum absolute atomic E-state index is 0. The molecule has 1 fully saturated rings. The summed E-state index contributed by atoms with van der Waals surface area (Å²) in [4.78, 5) is 22.8. The summed E-state index contributed by atoms with van der Waals surface area (Å²) < 4.78 is 0. The lowest BCUT2D eigenvalue weighted by atomic mass is 10.0. The van der Waals surface area contributed by atoms with Gasteiger partial charge in [-0.15, -0.1) is 12.4 Å². The van der Waals surface area contributed by atoms with Crippen LogP contribution in [0, 0.1) is 5.92 Å². The minimum Gasteiger partial charge on any atom is -0.355 e. The number of rotatable bonds is 5. The minimum atomic E-state index is 0. The van der Waals surface area contributed by atoms with Crippen LogP contribution >= 0.6 is 12.4 Å². The summed E-state index contributed by atoms with van der Waals surface area (Å²) in [6.45, 7) is 4.27. The Morgan fingerprint density at radius 2 is 1.89 bits per heavy atom. The molecule has 2 rings (SSSR count). The van der Waals surface area contributed by atoms with Crippen molar-refractivity contribution >= 4 is 24.1 Å². The number of benzene rings is 1. The van der Waals surface area contributed by atoms with Crippen LogP contribution in [0.2, 0.25) is 0 Å². The van der Waals surface area contributed by atoms with E-state index in [1.807, 2.05) is 12.1 Å². The zero-order valence-corrected chi connectivity index (χ0v) is 11.8. The summed E-state index contributed by atoms with van der Waals surface area (Å²) in [5.74, 6) is 0.662. The normalized spacial score (nSPS) is 14.2. The summed E-state index contributed by atoms with van der Waals surface area (Å²) in [5, 5.41) is 6.09. The largest absolute Gasteiger partial charge is 0.355 e. The number of halogens is 1. The van der Waals surface area contributed by atoms with Gasteiger partial charge in [0.15, 0.2) is 5.78 Å². The second-order valence-electron chi connectivity index (χ2n) is 4.76. The molecule has 0 bridgehead atoms. The molecule has 1 heterocycles. The van der Waals surface area contributed by atoms with Crippen LogP contribution in [-0.2, 0) is 11.2 Å². The highest BCUT2D eigenvalue weighted by Gasteiger charge is 2.17. The molecule has 1 aliphatic rings. The number of hydrogen-bond donors (Lipinski definition) is 2. The van der Waals surface area contributed by atoms with E-state index in [0.29, 0.717) is 17.9 Å². The zero-order valence-electron chi connectivity index (χ0n) is 10.9. The number of carbonyl (C=O) groups excluding carboxylic acids is 2. The Bertz CT molecular complexity index is 441. The van der Waals surface area contributed by atoms with Crippen LogP contribution in [0.5, 0.6) is 0 Å². The molecule has 1 saturated heterocycles. The first-order valence-corrected chi connectivity index (χ1v) is 6.22. The van der Waals surface area contributed by atoms with Gasteiger partial charge in [-0.05, 0) is 12.5 Å². The van der Waals surface area contributed by atoms with Crippen molar-refractivity contribution in [1.82, 2.24) is 10.6 Å². The molecule has 0 unspecified atom stereocenters. The van der Waals surface area contributed by atoms with E-state index in [0.717, 1.165) is 25.2 Å². The molecule has 19 heavy (non-hydrogen) atoms. The van der Waals surface area contributed by atoms with Gasteiger partial charge in [0.05, 0.1) is 6.42 Å². The van der Waals surface area contributed by atoms with E-state index in [1.165, 1.54) is 6.92 Å². The topological polar surface area (TPSA) is 58.2 Å². The van der Waals surface area contributed by atoms with E-state index in [9.17, 15) is 9.59 Å². The first kappa shape index (κ1) is 15.7. The van der Waals surface area contributed by atoms with Crippen molar-refractivity contribution in [2.45, 2.75) is 13.3 Å². The third kappa shape index (κ3) is 4.65. The van der Waals surface area contributed by atoms with Crippen LogP contribution < -0.4 is 10.6 Å². The lowest BCUT2D eigenvalue weighted by molar-refractivity contribution is -0.120. The maximum atomic E-state index is 11.7. The quantitative estimate of drug-likeness (QED) is 0.798. The summed E-state index contributed by atoms with van der Waals surface area (Å²) in [6, 6.07) is 7.20. The number of carbonyl (C=O) groups is 2. The predicted molar refractivity (Wildman–Crippen MR) is 76.8 cm³/mol. The number of Topliss-reactive ketones (excluding diaryl/α,β-unsaturated/α-hetero) is 1. The van der Waals surface area contributed by atoms with E-state index in [4.69, 9.17) is 0 Å². The number of amides is 1. The fraction of sp³-hybridized carbons (Fsp3) is 0.429. The fourth-order valence-electron chi connectivity index (χ4n) is 1.86. The van der Waals surface area contributed by atoms with Gasteiger partial charge in [-0.3, -0.25) is 9.59 Å². The molecule has 0 radical (unpaired) electrons. The molecular weight excluding hydrogens is 264 g/mol. The fourth-order valence-corrected chi connectivity index (χ4v) is 1.86. The molecule has 1 aliphatic heterocycles. The summed E-state index contributed by atoms with van der Waals surface area (Å²) in [7, 11) is 0. The van der Waals surface area contributed by atoms with Crippen molar-refractivity contribution in [1.29, 1.82) is 0 Å². The standard InChI is InChI=1S/C14H18N2O2.ClH/c1-10(17)13-4-2-11(3-5-13)6-14(18)16-9-12-7-15-8-12;/h2-5,12,15H,6-9H2,1H3,(H,16,18);1H. The lowest BCUT2D eigenvalue weighted by Crippen LogP contribution is -2.48. The van der Waals surface area contributed by atoms with Crippen LogP contribution in [0.15, 0.2) is 24.3 Å². The second kappa shape index (κ2) is 7.26. The Hall–Kier alpha value is -1.39. The first-order chi connectivity index (χ1) is 8.65. The Morgan fingerprint density at radius 1 is 1.26 bits per heavy atom. The van der Waals surface area contributed by atoms with Crippen molar-refractivity contribution in [2.75, 3.05) is 19.6 Å². The van der Waals surface area contributed by atoms with Crippen LogP contribution in [0.3, 0.4) is 0 Å². The molecule has 4 nitrogen and oxygen atoms in total. The summed E-state index contributed by atoms with van der Waals surface area (Å²) in [5.41, 5.74) is 1.61. The molecule has 0 spiro atoms. The third-order valence-electron chi connectivity index (χ3n) is 3.18. The van der Waals surface area contributed by atoms with Gasteiger partial charge >= 0.3 is 0 Å². The van der Waals surface area contributed by atoms with Crippen LogP contribution in [-0.4, -0.2) is 31.3 Å². The zero-order chi connectivity index (χ0) is 13.0. The van der Waals surface area contributed by atoms with Gasteiger partial charge in [0.2, 0.25) is 5.91 Å². The third-order valence-corrected chi connectivity index (χ3v) is 3.18. The predicted octanol–water partition coefficient (Wildman–Crippen LogP) is 1.19. The van der Waals surface area contributed by atoms with E-state index in [1.54, 1.807) is 12.1 Å². The van der Waals surface area contributed by atoms with Crippen molar-refractivity contribution in [2.24, 2.45) is 5.92 Å². The monoisotopic (exact) mass is 282 g/mol. The van der Waals surface area contributed by atoms with Crippen molar-refractivity contribution in [3.05, 3.63) is 35.4 Å². The molecule has 1 aromatic rings. The smallest absolute Gasteiger partial charge is 0.224 e. The van der Waals surface area contributed by atoms with E-state index in [2.05, 4.69) is 10.6 Å². The maximum Gasteiger partial charge on any atom is 0.224 e. The average molecular weight is 283 g/mol. The van der Waals surface area contributed by atoms with Crippen LogP contribution in [0.4, 0.5) is 0 Å². The second-order valence-corrected chi connectivity index (χ2v) is 4.76. The number of ketones is 1. The maximum absolute atomic E-state index is 11.7. The van der Waals surface area contributed by atoms with Gasteiger partial charge in [0.25, 0.3) is 0 Å². The van der Waals surface area contributed by atoms with Gasteiger partial charge in [0.1, 0.15) is 0 Å². The SMILES string of the molecule is CC(=O)c1ccc(CC(=O)NCC2CNC2)cc1.Cl. The highest BCUT2D eigenvalue weighted by Crippen LogP contribution is 2.06. The van der Waals surface area contributed by atoms with Gasteiger partial charge in [-0.1, -0.05) is 24.3 Å². The van der Waals surface area contributed by atoms with Gasteiger partial charge in [-0.25, -0.2) is 0 Å². The highest BCUT2D eigenvalue weighted by molar-refractivity contribution is 5.94. The Morgan fingerprint density at radius 3 is 2.37 bits per heavy atom. The van der Waals surface area contributed by atoms with Crippen LogP contribution in [0.25, 0.3) is 0 Å². The first-order valence-electron chi connectivity index (χ1n) is 6.22. The van der Waals surface area contributed by atoms with Crippen molar-refractivity contribution in [3.63, 3.8) is 0 Å². The van der Waals surface area contributed by atoms with Gasteiger partial charge in [-0.2, -0.15) is 0 Å². The molecule has 1 aromatic carbocycles. The summed E-state index contributed by atoms with van der Waals surface area (Å²) >= 11 is 0. The molecular formula is C14H19ClN2O2. The van der Waals surface area contributed by atoms with Crippen molar-refractivity contribution < 1.29 is 9.59 Å². The van der Waals surface area contributed by atoms with E-state index < -0.39 is 0 Å². The Labute approximate surface area is 119 Å². The lowest BCUT2D eigenvalue weighted by Gasteiger charge is -2.27. The van der Waals surface area contributed by atoms with Gasteiger partial charge < -0.3 is 10.6 Å². The van der Waals surface area contributed by atoms with Gasteiger partial charge in [0, 0.05) is 31.1 Å². The molecule has 0 aromatic heterocycles. The Kier molecular flexibility index (Phi) is 5.99. The van der Waals surface area contributed by atoms with E-state index >= 15 is 0 Å². The van der Waals surface area contributed by atoms with Crippen LogP contribution in [0.1, 0.15) is 22.8 Å². The number of nitrogens with one attached hydrogen (secondary N) is 2. The summed E-state index contributed by atoms with van der Waals surface area (Å²) in [6.07, 6.45) is 0.373. The van der Waals surface area contributed by atoms with E-state index in [-0.39, 0.29) is 24.1 Å². The molecule has 1 amide bonds. The molecule has 0 atom stereocenters. The van der Waals surface area contributed by atoms with Crippen molar-refractivity contribution in [3.8, 4) is 0 Å². The highest BCUT2D eigenvalue weighted by atomic mass is 35.5. The molecule has 0 aliphatic carbocycles.